The molecular formula is C13H19N3O4. The number of hydrogen-bond donors (Lipinski definition) is 1. The van der Waals surface area contributed by atoms with E-state index in [0.29, 0.717) is 12.8 Å². The van der Waals surface area contributed by atoms with Crippen molar-refractivity contribution in [2.24, 2.45) is 5.41 Å². The number of imide groups is 2. The van der Waals surface area contributed by atoms with Gasteiger partial charge in [0, 0.05) is 14.1 Å². The Labute approximate surface area is 117 Å². The first-order chi connectivity index (χ1) is 9.38. The van der Waals surface area contributed by atoms with Gasteiger partial charge in [-0.15, -0.1) is 0 Å². The summed E-state index contributed by atoms with van der Waals surface area (Å²) in [6, 6.07) is -0.800. The molecule has 20 heavy (non-hydrogen) atoms. The van der Waals surface area contributed by atoms with E-state index in [0.717, 1.165) is 24.2 Å². The molecule has 0 radical (unpaired) electrons. The van der Waals surface area contributed by atoms with Gasteiger partial charge in [-0.25, -0.2) is 4.79 Å². The van der Waals surface area contributed by atoms with Crippen molar-refractivity contribution in [2.75, 3.05) is 20.6 Å². The van der Waals surface area contributed by atoms with Crippen molar-refractivity contribution in [3.05, 3.63) is 0 Å². The Bertz CT molecular complexity index is 466. The highest BCUT2D eigenvalue weighted by atomic mass is 16.2. The number of carbonyl (C=O) groups is 4. The van der Waals surface area contributed by atoms with Crippen LogP contribution in [0.2, 0.25) is 0 Å². The highest BCUT2D eigenvalue weighted by molar-refractivity contribution is 6.20. The summed E-state index contributed by atoms with van der Waals surface area (Å²) in [5, 5.41) is 2.22. The molecule has 0 aromatic carbocycles. The summed E-state index contributed by atoms with van der Waals surface area (Å²) < 4.78 is 0. The predicted octanol–water partition coefficient (Wildman–Crippen LogP) is 0.103. The van der Waals surface area contributed by atoms with E-state index in [4.69, 9.17) is 0 Å². The zero-order valence-electron chi connectivity index (χ0n) is 11.8. The summed E-state index contributed by atoms with van der Waals surface area (Å²) in [5.74, 6) is -1.39. The Morgan fingerprint density at radius 3 is 2.35 bits per heavy atom. The Balaban J connectivity index is 2.24. The van der Waals surface area contributed by atoms with Gasteiger partial charge in [-0.05, 0) is 12.8 Å². The van der Waals surface area contributed by atoms with Gasteiger partial charge in [0.05, 0.1) is 0 Å². The largest absolute Gasteiger partial charge is 0.347 e. The number of carbonyl (C=O) groups excluding carboxylic acids is 4. The number of urea groups is 1. The van der Waals surface area contributed by atoms with E-state index in [2.05, 4.69) is 5.32 Å². The Morgan fingerprint density at radius 2 is 1.80 bits per heavy atom. The highest BCUT2D eigenvalue weighted by Gasteiger charge is 2.54. The number of amides is 5. The molecule has 0 aromatic heterocycles. The standard InChI is InChI=1S/C13H19N3O4/c1-15(2)9(17)8-16-11(19)13(6-4-3-5-7-13)10(18)14-12(16)20/h3-8H2,1-2H3,(H,14,18,20). The minimum Gasteiger partial charge on any atom is -0.347 e. The molecule has 1 saturated carbocycles. The van der Waals surface area contributed by atoms with Gasteiger partial charge >= 0.3 is 6.03 Å². The lowest BCUT2D eigenvalue weighted by Gasteiger charge is -2.41. The van der Waals surface area contributed by atoms with Crippen molar-refractivity contribution < 1.29 is 19.2 Å². The molecule has 2 fully saturated rings. The van der Waals surface area contributed by atoms with Gasteiger partial charge in [-0.1, -0.05) is 19.3 Å². The van der Waals surface area contributed by atoms with Crippen LogP contribution in [0.25, 0.3) is 0 Å². The van der Waals surface area contributed by atoms with E-state index in [1.807, 2.05) is 0 Å². The number of nitrogens with zero attached hydrogens (tertiary/aromatic N) is 2. The van der Waals surface area contributed by atoms with Gasteiger partial charge < -0.3 is 4.90 Å². The summed E-state index contributed by atoms with van der Waals surface area (Å²) in [7, 11) is 3.10. The second-order valence-electron chi connectivity index (χ2n) is 5.58. The molecule has 7 nitrogen and oxygen atoms in total. The van der Waals surface area contributed by atoms with Crippen LogP contribution in [-0.2, 0) is 14.4 Å². The maximum absolute atomic E-state index is 12.6. The van der Waals surface area contributed by atoms with E-state index < -0.39 is 23.3 Å². The van der Waals surface area contributed by atoms with Crippen LogP contribution in [0.15, 0.2) is 0 Å². The van der Waals surface area contributed by atoms with Crippen LogP contribution < -0.4 is 5.32 Å². The molecule has 1 aliphatic carbocycles. The summed E-state index contributed by atoms with van der Waals surface area (Å²) in [4.78, 5) is 50.3. The van der Waals surface area contributed by atoms with Gasteiger partial charge in [-0.3, -0.25) is 24.6 Å². The summed E-state index contributed by atoms with van der Waals surface area (Å²) in [6.45, 7) is -0.327. The molecule has 1 saturated heterocycles. The number of hydrogen-bond acceptors (Lipinski definition) is 4. The third kappa shape index (κ3) is 2.28. The fourth-order valence-electron chi connectivity index (χ4n) is 2.75. The molecule has 5 amide bonds. The Kier molecular flexibility index (Phi) is 3.78. The number of rotatable bonds is 2. The molecule has 0 aromatic rings. The molecule has 0 unspecified atom stereocenters. The molecule has 2 aliphatic rings. The molecule has 0 atom stereocenters. The minimum atomic E-state index is -1.15. The third-order valence-corrected chi connectivity index (χ3v) is 4.05. The van der Waals surface area contributed by atoms with Crippen LogP contribution in [0.4, 0.5) is 4.79 Å². The molecule has 1 aliphatic heterocycles. The van der Waals surface area contributed by atoms with E-state index in [1.54, 1.807) is 14.1 Å². The van der Waals surface area contributed by atoms with E-state index in [-0.39, 0.29) is 12.5 Å². The Morgan fingerprint density at radius 1 is 1.20 bits per heavy atom. The fraction of sp³-hybridized carbons (Fsp3) is 0.692. The normalized spacial score (nSPS) is 21.9. The van der Waals surface area contributed by atoms with Crippen molar-refractivity contribution in [3.63, 3.8) is 0 Å². The second kappa shape index (κ2) is 5.22. The minimum absolute atomic E-state index is 0.327. The van der Waals surface area contributed by atoms with Crippen LogP contribution in [0.1, 0.15) is 32.1 Å². The summed E-state index contributed by atoms with van der Waals surface area (Å²) >= 11 is 0. The molecule has 110 valence electrons. The summed E-state index contributed by atoms with van der Waals surface area (Å²) in [6.07, 6.45) is 3.42. The van der Waals surface area contributed by atoms with E-state index >= 15 is 0 Å². The number of barbiturate groups is 1. The monoisotopic (exact) mass is 281 g/mol. The molecule has 7 heteroatoms. The molecule has 1 N–H and O–H groups in total. The lowest BCUT2D eigenvalue weighted by molar-refractivity contribution is -0.156. The van der Waals surface area contributed by atoms with E-state index in [1.165, 1.54) is 4.90 Å². The third-order valence-electron chi connectivity index (χ3n) is 4.05. The lowest BCUT2D eigenvalue weighted by atomic mass is 9.71. The van der Waals surface area contributed by atoms with Crippen molar-refractivity contribution in [1.29, 1.82) is 0 Å². The van der Waals surface area contributed by atoms with Gasteiger partial charge in [0.25, 0.3) is 0 Å². The maximum Gasteiger partial charge on any atom is 0.331 e. The van der Waals surface area contributed by atoms with Crippen LogP contribution >= 0.6 is 0 Å². The highest BCUT2D eigenvalue weighted by Crippen LogP contribution is 2.40. The summed E-state index contributed by atoms with van der Waals surface area (Å²) in [5.41, 5.74) is -1.15. The van der Waals surface area contributed by atoms with Crippen molar-refractivity contribution in [2.45, 2.75) is 32.1 Å². The Hall–Kier alpha value is -1.92. The first-order valence-electron chi connectivity index (χ1n) is 6.76. The number of nitrogens with one attached hydrogen (secondary N) is 1. The maximum atomic E-state index is 12.6. The molecule has 0 bridgehead atoms. The van der Waals surface area contributed by atoms with Crippen LogP contribution in [0, 0.1) is 5.41 Å². The average Bonchev–Trinajstić information content (AvgIpc) is 2.42. The van der Waals surface area contributed by atoms with Crippen LogP contribution in [-0.4, -0.2) is 54.2 Å². The fourth-order valence-corrected chi connectivity index (χ4v) is 2.75. The first-order valence-corrected chi connectivity index (χ1v) is 6.76. The van der Waals surface area contributed by atoms with Crippen molar-refractivity contribution in [3.8, 4) is 0 Å². The smallest absolute Gasteiger partial charge is 0.331 e. The van der Waals surface area contributed by atoms with Crippen LogP contribution in [0.5, 0.6) is 0 Å². The van der Waals surface area contributed by atoms with Crippen molar-refractivity contribution in [1.82, 2.24) is 15.1 Å². The van der Waals surface area contributed by atoms with Gasteiger partial charge in [0.15, 0.2) is 0 Å². The zero-order chi connectivity index (χ0) is 14.9. The zero-order valence-corrected chi connectivity index (χ0v) is 11.8. The van der Waals surface area contributed by atoms with E-state index in [9.17, 15) is 19.2 Å². The lowest BCUT2D eigenvalue weighted by Crippen LogP contribution is -2.65. The van der Waals surface area contributed by atoms with Crippen LogP contribution in [0.3, 0.4) is 0 Å². The molecular weight excluding hydrogens is 262 g/mol. The number of likely N-dealkylation sites (N-methyl/N-ethyl adjacent to an activating group) is 1. The quantitative estimate of drug-likeness (QED) is 0.727. The van der Waals surface area contributed by atoms with Gasteiger partial charge in [0.2, 0.25) is 17.7 Å². The molecule has 1 spiro atoms. The SMILES string of the molecule is CN(C)C(=O)CN1C(=O)NC(=O)C2(CCCCC2)C1=O. The topological polar surface area (TPSA) is 86.8 Å². The molecule has 1 heterocycles. The predicted molar refractivity (Wildman–Crippen MR) is 69.5 cm³/mol. The first kappa shape index (κ1) is 14.5. The second-order valence-corrected chi connectivity index (χ2v) is 5.58. The van der Waals surface area contributed by atoms with Crippen molar-refractivity contribution >= 4 is 23.8 Å². The van der Waals surface area contributed by atoms with Gasteiger partial charge in [0.1, 0.15) is 12.0 Å². The average molecular weight is 281 g/mol. The van der Waals surface area contributed by atoms with Gasteiger partial charge in [-0.2, -0.15) is 0 Å². The molecule has 2 rings (SSSR count).